The lowest BCUT2D eigenvalue weighted by Gasteiger charge is -2.31. The molecule has 0 aliphatic carbocycles. The zero-order chi connectivity index (χ0) is 25.8. The van der Waals surface area contributed by atoms with E-state index in [0.717, 1.165) is 34.7 Å². The molecule has 0 spiro atoms. The van der Waals surface area contributed by atoms with E-state index in [1.165, 1.54) is 16.7 Å². The van der Waals surface area contributed by atoms with Crippen LogP contribution >= 0.6 is 23.5 Å². The van der Waals surface area contributed by atoms with Crippen LogP contribution in [0, 0.1) is 5.92 Å². The third-order valence-electron chi connectivity index (χ3n) is 6.43. The molecular formula is C28H29N5O2S2. The number of nitrogens with zero attached hydrogens (tertiary/aromatic N) is 4. The highest BCUT2D eigenvalue weighted by Gasteiger charge is 2.31. The molecule has 0 unspecified atom stereocenters. The van der Waals surface area contributed by atoms with Gasteiger partial charge in [0.1, 0.15) is 0 Å². The number of aliphatic imine (C=N–C) groups is 1. The summed E-state index contributed by atoms with van der Waals surface area (Å²) in [7, 11) is 0. The summed E-state index contributed by atoms with van der Waals surface area (Å²) in [5.41, 5.74) is 9.08. The molecule has 2 aliphatic rings. The van der Waals surface area contributed by atoms with E-state index < -0.39 is 0 Å². The van der Waals surface area contributed by atoms with Gasteiger partial charge in [0.2, 0.25) is 5.91 Å². The summed E-state index contributed by atoms with van der Waals surface area (Å²) in [5.74, 6) is 0.479. The molecule has 0 saturated carbocycles. The third kappa shape index (κ3) is 5.83. The van der Waals surface area contributed by atoms with Crippen LogP contribution in [0.15, 0.2) is 75.6 Å². The summed E-state index contributed by atoms with van der Waals surface area (Å²) in [6.07, 6.45) is 6.35. The van der Waals surface area contributed by atoms with E-state index in [9.17, 15) is 9.59 Å². The van der Waals surface area contributed by atoms with Crippen molar-refractivity contribution in [2.24, 2.45) is 16.6 Å². The van der Waals surface area contributed by atoms with Gasteiger partial charge in [0.05, 0.1) is 16.3 Å². The number of carbonyl (C=O) groups is 2. The van der Waals surface area contributed by atoms with E-state index in [-0.39, 0.29) is 17.7 Å². The zero-order valence-electron chi connectivity index (χ0n) is 20.7. The first-order chi connectivity index (χ1) is 18.0. The number of nitrogens with two attached hydrogens (primary N) is 1. The molecule has 0 bridgehead atoms. The van der Waals surface area contributed by atoms with Gasteiger partial charge < -0.3 is 10.6 Å². The Morgan fingerprint density at radius 3 is 2.54 bits per heavy atom. The Bertz CT molecular complexity index is 1340. The van der Waals surface area contributed by atoms with E-state index in [1.807, 2.05) is 59.0 Å². The van der Waals surface area contributed by atoms with Crippen LogP contribution in [0.3, 0.4) is 0 Å². The number of hydrogen-bond acceptors (Lipinski definition) is 6. The van der Waals surface area contributed by atoms with Gasteiger partial charge in [0, 0.05) is 41.2 Å². The van der Waals surface area contributed by atoms with E-state index >= 15 is 0 Å². The summed E-state index contributed by atoms with van der Waals surface area (Å²) in [5, 5.41) is 5.58. The molecule has 2 aliphatic heterocycles. The van der Waals surface area contributed by atoms with Crippen LogP contribution in [0.4, 0.5) is 0 Å². The Hall–Kier alpha value is -3.30. The van der Waals surface area contributed by atoms with Crippen LogP contribution in [-0.2, 0) is 9.59 Å². The fourth-order valence-corrected chi connectivity index (χ4v) is 6.11. The maximum absolute atomic E-state index is 12.9. The van der Waals surface area contributed by atoms with Gasteiger partial charge >= 0.3 is 0 Å². The molecule has 2 amide bonds. The Kier molecular flexibility index (Phi) is 7.81. The number of amides is 2. The van der Waals surface area contributed by atoms with Crippen molar-refractivity contribution in [1.82, 2.24) is 14.7 Å². The van der Waals surface area contributed by atoms with Crippen molar-refractivity contribution in [2.75, 3.05) is 18.8 Å². The molecule has 37 heavy (non-hydrogen) atoms. The second-order valence-electron chi connectivity index (χ2n) is 9.06. The Balaban J connectivity index is 1.42. The summed E-state index contributed by atoms with van der Waals surface area (Å²) in [6, 6.07) is 18.4. The Morgan fingerprint density at radius 2 is 1.86 bits per heavy atom. The van der Waals surface area contributed by atoms with Gasteiger partial charge in [-0.15, -0.1) is 11.8 Å². The molecule has 0 atom stereocenters. The fourth-order valence-electron chi connectivity index (χ4n) is 4.39. The van der Waals surface area contributed by atoms with Crippen LogP contribution in [0.2, 0.25) is 0 Å². The molecule has 1 fully saturated rings. The second kappa shape index (κ2) is 11.4. The van der Waals surface area contributed by atoms with Gasteiger partial charge in [-0.3, -0.25) is 9.59 Å². The van der Waals surface area contributed by atoms with Gasteiger partial charge in [0.15, 0.2) is 5.17 Å². The molecule has 1 aromatic heterocycles. The average Bonchev–Trinajstić information content (AvgIpc) is 3.52. The third-order valence-corrected chi connectivity index (χ3v) is 8.69. The van der Waals surface area contributed by atoms with E-state index in [0.29, 0.717) is 36.0 Å². The fraction of sp³-hybridized carbons (Fsp3) is 0.286. The molecule has 5 rings (SSSR count). The molecule has 190 valence electrons. The summed E-state index contributed by atoms with van der Waals surface area (Å²) >= 11 is 3.22. The number of benzene rings is 2. The predicted octanol–water partition coefficient (Wildman–Crippen LogP) is 5.21. The first kappa shape index (κ1) is 25.4. The number of para-hydroxylation sites is 1. The highest BCUT2D eigenvalue weighted by molar-refractivity contribution is 8.18. The van der Waals surface area contributed by atoms with Crippen LogP contribution in [0.25, 0.3) is 23.0 Å². The number of thioether (sulfide) groups is 2. The molecule has 3 aromatic rings. The van der Waals surface area contributed by atoms with E-state index in [4.69, 9.17) is 10.8 Å². The minimum absolute atomic E-state index is 0.105. The number of likely N-dealkylation sites (tertiary alicyclic amines) is 1. The SMILES string of the molecule is CCCSc1ccc(-c2nn(-c3ccccc3)cc2C=C2SC(N3CCC(C(N)=O)CC3)=NC2=O)cc1. The summed E-state index contributed by atoms with van der Waals surface area (Å²) in [6.45, 7) is 3.51. The highest BCUT2D eigenvalue weighted by atomic mass is 32.2. The van der Waals surface area contributed by atoms with Gasteiger partial charge in [-0.1, -0.05) is 37.3 Å². The number of primary amides is 1. The van der Waals surface area contributed by atoms with Gasteiger partial charge in [-0.05, 0) is 67.1 Å². The number of piperidine rings is 1. The smallest absolute Gasteiger partial charge is 0.286 e. The van der Waals surface area contributed by atoms with Gasteiger partial charge in [-0.25, -0.2) is 4.68 Å². The van der Waals surface area contributed by atoms with Crippen molar-refractivity contribution in [3.63, 3.8) is 0 Å². The lowest BCUT2D eigenvalue weighted by molar-refractivity contribution is -0.123. The number of aromatic nitrogens is 2. The molecular weight excluding hydrogens is 502 g/mol. The van der Waals surface area contributed by atoms with Crippen molar-refractivity contribution >= 4 is 46.6 Å². The molecule has 1 saturated heterocycles. The largest absolute Gasteiger partial charge is 0.369 e. The first-order valence-corrected chi connectivity index (χ1v) is 14.3. The van der Waals surface area contributed by atoms with Crippen molar-refractivity contribution in [3.8, 4) is 16.9 Å². The topological polar surface area (TPSA) is 93.6 Å². The van der Waals surface area contributed by atoms with Crippen LogP contribution < -0.4 is 5.73 Å². The number of hydrogen-bond donors (Lipinski definition) is 1. The average molecular weight is 532 g/mol. The molecule has 2 N–H and O–H groups in total. The zero-order valence-corrected chi connectivity index (χ0v) is 22.3. The Labute approximate surface area is 225 Å². The van der Waals surface area contributed by atoms with E-state index in [1.54, 1.807) is 0 Å². The highest BCUT2D eigenvalue weighted by Crippen LogP contribution is 2.35. The molecule has 2 aromatic carbocycles. The van der Waals surface area contributed by atoms with Crippen molar-refractivity contribution in [1.29, 1.82) is 0 Å². The van der Waals surface area contributed by atoms with Crippen LogP contribution in [0.5, 0.6) is 0 Å². The normalized spacial score (nSPS) is 17.4. The molecule has 0 radical (unpaired) electrons. The van der Waals surface area contributed by atoms with Crippen molar-refractivity contribution in [3.05, 3.63) is 71.3 Å². The van der Waals surface area contributed by atoms with Crippen LogP contribution in [-0.4, -0.2) is 50.5 Å². The van der Waals surface area contributed by atoms with Crippen molar-refractivity contribution < 1.29 is 9.59 Å². The lowest BCUT2D eigenvalue weighted by Crippen LogP contribution is -2.40. The van der Waals surface area contributed by atoms with Gasteiger partial charge in [-0.2, -0.15) is 10.1 Å². The standard InChI is InChI=1S/C28H29N5O2S2/c1-2-16-36-23-10-8-19(9-11-23)25-21(18-33(31-25)22-6-4-3-5-7-22)17-24-27(35)30-28(37-24)32-14-12-20(13-15-32)26(29)34/h3-11,17-18,20H,2,12-16H2,1H3,(H2,29,34). The van der Waals surface area contributed by atoms with Crippen LogP contribution in [0.1, 0.15) is 31.7 Å². The first-order valence-electron chi connectivity index (χ1n) is 12.5. The minimum Gasteiger partial charge on any atom is -0.369 e. The molecule has 9 heteroatoms. The Morgan fingerprint density at radius 1 is 1.14 bits per heavy atom. The molecule has 3 heterocycles. The minimum atomic E-state index is -0.253. The summed E-state index contributed by atoms with van der Waals surface area (Å²) in [4.78, 5) is 32.6. The van der Waals surface area contributed by atoms with Gasteiger partial charge in [0.25, 0.3) is 5.91 Å². The predicted molar refractivity (Wildman–Crippen MR) is 152 cm³/mol. The molecule has 7 nitrogen and oxygen atoms in total. The second-order valence-corrected chi connectivity index (χ2v) is 11.2. The monoisotopic (exact) mass is 531 g/mol. The van der Waals surface area contributed by atoms with Crippen molar-refractivity contribution in [2.45, 2.75) is 31.1 Å². The maximum Gasteiger partial charge on any atom is 0.286 e. The number of carbonyl (C=O) groups excluding carboxylic acids is 2. The number of amidine groups is 1. The quantitative estimate of drug-likeness (QED) is 0.332. The lowest BCUT2D eigenvalue weighted by atomic mass is 9.97. The maximum atomic E-state index is 12.9. The van der Waals surface area contributed by atoms with E-state index in [2.05, 4.69) is 41.1 Å². The number of rotatable bonds is 7. The summed E-state index contributed by atoms with van der Waals surface area (Å²) < 4.78 is 1.85.